The largest absolute Gasteiger partial charge is 0.305 e. The van der Waals surface area contributed by atoms with E-state index in [0.29, 0.717) is 18.6 Å². The summed E-state index contributed by atoms with van der Waals surface area (Å²) in [5, 5.41) is 19.8. The predicted octanol–water partition coefficient (Wildman–Crippen LogP) is 1.25. The molecule has 2 aromatic heterocycles. The van der Waals surface area contributed by atoms with E-state index in [9.17, 15) is 0 Å². The minimum Gasteiger partial charge on any atom is -0.305 e. The second-order valence-electron chi connectivity index (χ2n) is 5.68. The van der Waals surface area contributed by atoms with E-state index in [1.165, 1.54) is 18.4 Å². The van der Waals surface area contributed by atoms with Crippen LogP contribution in [0.2, 0.25) is 0 Å². The smallest absolute Gasteiger partial charge is 0.165 e. The zero-order chi connectivity index (χ0) is 14.1. The number of nitrogens with zero attached hydrogens (tertiary/aromatic N) is 6. The molecule has 1 fully saturated rings. The maximum absolute atomic E-state index is 4.37. The second-order valence-corrected chi connectivity index (χ2v) is 5.68. The predicted molar refractivity (Wildman–Crippen MR) is 74.1 cm³/mol. The number of rotatable bonds is 6. The van der Waals surface area contributed by atoms with Crippen molar-refractivity contribution in [2.24, 2.45) is 0 Å². The van der Waals surface area contributed by atoms with Gasteiger partial charge in [-0.1, -0.05) is 0 Å². The SMILES string of the molecule is Cc1cnn([C@H](C)[C@@H](C)NCc2nnnn2C2CC2)c1. The molecule has 2 heterocycles. The number of nitrogens with one attached hydrogen (secondary N) is 1. The van der Waals surface area contributed by atoms with E-state index in [0.717, 1.165) is 5.82 Å². The first kappa shape index (κ1) is 13.2. The van der Waals surface area contributed by atoms with Gasteiger partial charge in [0.2, 0.25) is 0 Å². The monoisotopic (exact) mass is 275 g/mol. The van der Waals surface area contributed by atoms with Gasteiger partial charge >= 0.3 is 0 Å². The molecule has 0 saturated heterocycles. The molecule has 0 spiro atoms. The fraction of sp³-hybridized carbons (Fsp3) is 0.692. The second kappa shape index (κ2) is 5.32. The molecular formula is C13H21N7. The maximum Gasteiger partial charge on any atom is 0.165 e. The van der Waals surface area contributed by atoms with Crippen LogP contribution >= 0.6 is 0 Å². The summed E-state index contributed by atoms with van der Waals surface area (Å²) in [6.07, 6.45) is 6.33. The minimum atomic E-state index is 0.286. The number of aromatic nitrogens is 6. The van der Waals surface area contributed by atoms with Gasteiger partial charge in [0.05, 0.1) is 24.8 Å². The van der Waals surface area contributed by atoms with Gasteiger partial charge in [-0.25, -0.2) is 4.68 Å². The van der Waals surface area contributed by atoms with Gasteiger partial charge in [-0.05, 0) is 49.6 Å². The highest BCUT2D eigenvalue weighted by molar-refractivity contribution is 5.01. The summed E-state index contributed by atoms with van der Waals surface area (Å²) >= 11 is 0. The van der Waals surface area contributed by atoms with E-state index in [1.807, 2.05) is 15.6 Å². The lowest BCUT2D eigenvalue weighted by molar-refractivity contribution is 0.359. The van der Waals surface area contributed by atoms with Gasteiger partial charge in [-0.3, -0.25) is 4.68 Å². The van der Waals surface area contributed by atoms with Crippen LogP contribution in [-0.4, -0.2) is 36.0 Å². The number of tetrazole rings is 1. The molecule has 0 aromatic carbocycles. The molecule has 1 aliphatic rings. The van der Waals surface area contributed by atoms with Crippen molar-refractivity contribution in [3.63, 3.8) is 0 Å². The Kier molecular flexibility index (Phi) is 3.52. The standard InChI is InChI=1S/C13H21N7/c1-9-6-15-19(8-9)11(3)10(2)14-7-13-16-17-18-20(13)12-4-5-12/h6,8,10-12,14H,4-5,7H2,1-3H3/t10-,11-/m1/s1. The van der Waals surface area contributed by atoms with Crippen LogP contribution in [0.4, 0.5) is 0 Å². The zero-order valence-corrected chi connectivity index (χ0v) is 12.2. The van der Waals surface area contributed by atoms with Crippen molar-refractivity contribution in [3.05, 3.63) is 23.8 Å². The first-order valence-electron chi connectivity index (χ1n) is 7.16. The molecule has 1 N–H and O–H groups in total. The molecular weight excluding hydrogens is 254 g/mol. The first-order valence-corrected chi connectivity index (χ1v) is 7.16. The molecule has 1 aliphatic carbocycles. The molecule has 20 heavy (non-hydrogen) atoms. The summed E-state index contributed by atoms with van der Waals surface area (Å²) in [4.78, 5) is 0. The molecule has 0 bridgehead atoms. The van der Waals surface area contributed by atoms with Crippen LogP contribution in [0, 0.1) is 6.92 Å². The van der Waals surface area contributed by atoms with Gasteiger partial charge < -0.3 is 5.32 Å². The summed E-state index contributed by atoms with van der Waals surface area (Å²) in [7, 11) is 0. The quantitative estimate of drug-likeness (QED) is 0.859. The Hall–Kier alpha value is -1.76. The lowest BCUT2D eigenvalue weighted by Crippen LogP contribution is -2.34. The van der Waals surface area contributed by atoms with Gasteiger partial charge in [0, 0.05) is 12.2 Å². The van der Waals surface area contributed by atoms with Crippen LogP contribution in [0.3, 0.4) is 0 Å². The Morgan fingerprint density at radius 1 is 1.40 bits per heavy atom. The lowest BCUT2D eigenvalue weighted by atomic mass is 10.2. The highest BCUT2D eigenvalue weighted by Gasteiger charge is 2.27. The fourth-order valence-electron chi connectivity index (χ4n) is 2.24. The van der Waals surface area contributed by atoms with E-state index in [1.54, 1.807) is 0 Å². The molecule has 0 aliphatic heterocycles. The Morgan fingerprint density at radius 3 is 2.85 bits per heavy atom. The van der Waals surface area contributed by atoms with Crippen molar-refractivity contribution in [1.82, 2.24) is 35.3 Å². The van der Waals surface area contributed by atoms with Crippen molar-refractivity contribution in [2.75, 3.05) is 0 Å². The third-order valence-corrected chi connectivity index (χ3v) is 3.91. The van der Waals surface area contributed by atoms with Crippen molar-refractivity contribution >= 4 is 0 Å². The third kappa shape index (κ3) is 2.72. The van der Waals surface area contributed by atoms with E-state index in [4.69, 9.17) is 0 Å². The van der Waals surface area contributed by atoms with Gasteiger partial charge in [-0.2, -0.15) is 5.10 Å². The molecule has 0 unspecified atom stereocenters. The number of hydrogen-bond donors (Lipinski definition) is 1. The van der Waals surface area contributed by atoms with Crippen molar-refractivity contribution < 1.29 is 0 Å². The van der Waals surface area contributed by atoms with Crippen LogP contribution in [0.5, 0.6) is 0 Å². The molecule has 108 valence electrons. The summed E-state index contributed by atoms with van der Waals surface area (Å²) in [6, 6.07) is 1.09. The molecule has 2 atom stereocenters. The van der Waals surface area contributed by atoms with Gasteiger partial charge in [0.25, 0.3) is 0 Å². The summed E-state index contributed by atoms with van der Waals surface area (Å²) < 4.78 is 3.94. The van der Waals surface area contributed by atoms with Crippen LogP contribution in [-0.2, 0) is 6.54 Å². The topological polar surface area (TPSA) is 73.5 Å². The Labute approximate surface area is 118 Å². The Balaban J connectivity index is 1.58. The molecule has 2 aromatic rings. The summed E-state index contributed by atoms with van der Waals surface area (Å²) in [5.41, 5.74) is 1.18. The van der Waals surface area contributed by atoms with Gasteiger partial charge in [0.1, 0.15) is 0 Å². The maximum atomic E-state index is 4.37. The van der Waals surface area contributed by atoms with E-state index < -0.39 is 0 Å². The molecule has 0 amide bonds. The van der Waals surface area contributed by atoms with Crippen LogP contribution < -0.4 is 5.32 Å². The van der Waals surface area contributed by atoms with Crippen LogP contribution in [0.1, 0.15) is 50.2 Å². The highest BCUT2D eigenvalue weighted by Crippen LogP contribution is 2.34. The Morgan fingerprint density at radius 2 is 2.20 bits per heavy atom. The summed E-state index contributed by atoms with van der Waals surface area (Å²) in [5.74, 6) is 0.920. The molecule has 1 saturated carbocycles. The third-order valence-electron chi connectivity index (χ3n) is 3.91. The normalized spacial score (nSPS) is 18.1. The summed E-state index contributed by atoms with van der Waals surface area (Å²) in [6.45, 7) is 7.06. The molecule has 3 rings (SSSR count). The van der Waals surface area contributed by atoms with Crippen molar-refractivity contribution in [1.29, 1.82) is 0 Å². The Bertz CT molecular complexity index is 569. The van der Waals surface area contributed by atoms with Gasteiger partial charge in [0.15, 0.2) is 5.82 Å². The zero-order valence-electron chi connectivity index (χ0n) is 12.2. The highest BCUT2D eigenvalue weighted by atomic mass is 15.6. The molecule has 7 nitrogen and oxygen atoms in total. The van der Waals surface area contributed by atoms with E-state index in [2.05, 4.69) is 52.9 Å². The fourth-order valence-corrected chi connectivity index (χ4v) is 2.24. The average molecular weight is 275 g/mol. The van der Waals surface area contributed by atoms with Crippen molar-refractivity contribution in [3.8, 4) is 0 Å². The molecule has 7 heteroatoms. The van der Waals surface area contributed by atoms with Crippen molar-refractivity contribution in [2.45, 2.75) is 58.3 Å². The first-order chi connectivity index (χ1) is 9.65. The molecule has 0 radical (unpaired) electrons. The average Bonchev–Trinajstić information content (AvgIpc) is 3.02. The van der Waals surface area contributed by atoms with Crippen LogP contribution in [0.25, 0.3) is 0 Å². The number of hydrogen-bond acceptors (Lipinski definition) is 5. The minimum absolute atomic E-state index is 0.286. The van der Waals surface area contributed by atoms with Crippen LogP contribution in [0.15, 0.2) is 12.4 Å². The van der Waals surface area contributed by atoms with E-state index >= 15 is 0 Å². The lowest BCUT2D eigenvalue weighted by Gasteiger charge is -2.21. The number of aryl methyl sites for hydroxylation is 1. The van der Waals surface area contributed by atoms with E-state index in [-0.39, 0.29) is 6.04 Å². The van der Waals surface area contributed by atoms with Gasteiger partial charge in [-0.15, -0.1) is 5.10 Å².